The molecule has 8 heteroatoms. The van der Waals surface area contributed by atoms with Crippen LogP contribution in [0.5, 0.6) is 0 Å². The Morgan fingerprint density at radius 1 is 1.09 bits per heavy atom. The lowest BCUT2D eigenvalue weighted by Crippen LogP contribution is -2.24. The predicted octanol–water partition coefficient (Wildman–Crippen LogP) is 5.50. The van der Waals surface area contributed by atoms with Gasteiger partial charge in [0.15, 0.2) is 0 Å². The number of hydrogen-bond donors (Lipinski definition) is 3. The van der Waals surface area contributed by atoms with Crippen molar-refractivity contribution in [2.24, 2.45) is 0 Å². The van der Waals surface area contributed by atoms with Gasteiger partial charge in [0.25, 0.3) is 5.91 Å². The summed E-state index contributed by atoms with van der Waals surface area (Å²) < 4.78 is 14.5. The van der Waals surface area contributed by atoms with E-state index in [-0.39, 0.29) is 12.5 Å². The van der Waals surface area contributed by atoms with Gasteiger partial charge in [-0.1, -0.05) is 35.9 Å². The van der Waals surface area contributed by atoms with E-state index in [0.717, 1.165) is 34.3 Å². The minimum Gasteiger partial charge on any atom is -0.360 e. The molecule has 3 aromatic heterocycles. The van der Waals surface area contributed by atoms with Crippen molar-refractivity contribution in [1.82, 2.24) is 25.5 Å². The lowest BCUT2D eigenvalue weighted by Gasteiger charge is -2.12. The standard InChI is InChI=1S/C27H23ClFN5O/c1-16-21(27(35)32-14-19-12-22-23(28)15-31-26(22)13-24(19)29)7-8-30-25(16)11-18-4-2-17(3-5-18)10-20-6-9-33-34-20/h2-9,12-13,15,31H,10-11,14H2,1H3,(H,32,35)(H,33,34). The summed E-state index contributed by atoms with van der Waals surface area (Å²) in [5.41, 5.74) is 6.39. The Balaban J connectivity index is 1.27. The Bertz CT molecular complexity index is 1490. The average molecular weight is 488 g/mol. The van der Waals surface area contributed by atoms with E-state index in [1.807, 2.05) is 19.2 Å². The number of nitrogens with one attached hydrogen (secondary N) is 3. The van der Waals surface area contributed by atoms with Crippen molar-refractivity contribution < 1.29 is 9.18 Å². The van der Waals surface area contributed by atoms with Crippen LogP contribution < -0.4 is 5.32 Å². The molecule has 6 nitrogen and oxygen atoms in total. The number of hydrogen-bond acceptors (Lipinski definition) is 3. The Labute approximate surface area is 206 Å². The number of nitrogens with zero attached hydrogens (tertiary/aromatic N) is 2. The van der Waals surface area contributed by atoms with Crippen molar-refractivity contribution in [2.75, 3.05) is 0 Å². The molecule has 0 bridgehead atoms. The monoisotopic (exact) mass is 487 g/mol. The van der Waals surface area contributed by atoms with E-state index in [1.165, 1.54) is 11.6 Å². The predicted molar refractivity (Wildman–Crippen MR) is 134 cm³/mol. The largest absolute Gasteiger partial charge is 0.360 e. The number of benzene rings is 2. The van der Waals surface area contributed by atoms with Gasteiger partial charge in [-0.2, -0.15) is 5.10 Å². The molecular formula is C27H23ClFN5O. The molecule has 0 unspecified atom stereocenters. The molecule has 0 spiro atoms. The molecule has 5 rings (SSSR count). The fourth-order valence-corrected chi connectivity index (χ4v) is 4.34. The number of aromatic amines is 2. The summed E-state index contributed by atoms with van der Waals surface area (Å²) in [7, 11) is 0. The molecule has 5 aromatic rings. The number of pyridine rings is 1. The molecule has 35 heavy (non-hydrogen) atoms. The number of halogens is 2. The number of carbonyl (C=O) groups excluding carboxylic acids is 1. The maximum Gasteiger partial charge on any atom is 0.251 e. The van der Waals surface area contributed by atoms with Crippen molar-refractivity contribution in [3.05, 3.63) is 117 Å². The van der Waals surface area contributed by atoms with E-state index in [4.69, 9.17) is 11.6 Å². The van der Waals surface area contributed by atoms with Gasteiger partial charge in [-0.05, 0) is 47.9 Å². The van der Waals surface area contributed by atoms with E-state index < -0.39 is 5.82 Å². The van der Waals surface area contributed by atoms with Gasteiger partial charge in [0.1, 0.15) is 5.82 Å². The van der Waals surface area contributed by atoms with Gasteiger partial charge < -0.3 is 10.3 Å². The van der Waals surface area contributed by atoms with Gasteiger partial charge in [-0.15, -0.1) is 0 Å². The molecule has 3 N–H and O–H groups in total. The third-order valence-electron chi connectivity index (χ3n) is 6.13. The first kappa shape index (κ1) is 22.8. The second kappa shape index (κ2) is 9.72. The highest BCUT2D eigenvalue weighted by Gasteiger charge is 2.15. The zero-order valence-electron chi connectivity index (χ0n) is 19.0. The van der Waals surface area contributed by atoms with Crippen LogP contribution in [0.25, 0.3) is 10.9 Å². The minimum atomic E-state index is -0.404. The molecule has 0 aliphatic carbocycles. The Morgan fingerprint density at radius 3 is 2.60 bits per heavy atom. The fourth-order valence-electron chi connectivity index (χ4n) is 4.13. The zero-order chi connectivity index (χ0) is 24.4. The van der Waals surface area contributed by atoms with Crippen LogP contribution in [0.1, 0.15) is 44.0 Å². The molecule has 1 amide bonds. The molecule has 0 saturated heterocycles. The fraction of sp³-hybridized carbons (Fsp3) is 0.148. The maximum atomic E-state index is 14.5. The highest BCUT2D eigenvalue weighted by molar-refractivity contribution is 6.35. The summed E-state index contributed by atoms with van der Waals surface area (Å²) >= 11 is 6.15. The van der Waals surface area contributed by atoms with Gasteiger partial charge in [0, 0.05) is 65.7 Å². The van der Waals surface area contributed by atoms with Crippen LogP contribution >= 0.6 is 11.6 Å². The normalized spacial score (nSPS) is 11.2. The summed E-state index contributed by atoms with van der Waals surface area (Å²) in [6, 6.07) is 15.0. The Morgan fingerprint density at radius 2 is 1.86 bits per heavy atom. The summed E-state index contributed by atoms with van der Waals surface area (Å²) in [6.07, 6.45) is 6.43. The topological polar surface area (TPSA) is 86.5 Å². The first-order valence-corrected chi connectivity index (χ1v) is 11.6. The average Bonchev–Trinajstić information content (AvgIpc) is 3.49. The van der Waals surface area contributed by atoms with Gasteiger partial charge >= 0.3 is 0 Å². The summed E-state index contributed by atoms with van der Waals surface area (Å²) in [4.78, 5) is 20.3. The number of rotatable bonds is 7. The highest BCUT2D eigenvalue weighted by Crippen LogP contribution is 2.26. The van der Waals surface area contributed by atoms with Crippen LogP contribution in [0.15, 0.2) is 67.1 Å². The molecule has 0 saturated carbocycles. The van der Waals surface area contributed by atoms with E-state index >= 15 is 0 Å². The smallest absolute Gasteiger partial charge is 0.251 e. The molecule has 0 radical (unpaired) electrons. The molecule has 0 aliphatic heterocycles. The number of H-pyrrole nitrogens is 2. The second-order valence-electron chi connectivity index (χ2n) is 8.47. The molecular weight excluding hydrogens is 465 g/mol. The Hall–Kier alpha value is -3.97. The van der Waals surface area contributed by atoms with Crippen LogP contribution in [-0.4, -0.2) is 26.1 Å². The molecule has 0 atom stereocenters. The summed E-state index contributed by atoms with van der Waals surface area (Å²) in [6.45, 7) is 1.94. The van der Waals surface area contributed by atoms with E-state index in [0.29, 0.717) is 28.1 Å². The molecule has 3 heterocycles. The van der Waals surface area contributed by atoms with Crippen LogP contribution in [0.2, 0.25) is 5.02 Å². The lowest BCUT2D eigenvalue weighted by atomic mass is 10.00. The number of amides is 1. The van der Waals surface area contributed by atoms with Crippen molar-refractivity contribution in [2.45, 2.75) is 26.3 Å². The van der Waals surface area contributed by atoms with Gasteiger partial charge in [0.2, 0.25) is 0 Å². The molecule has 0 aliphatic rings. The van der Waals surface area contributed by atoms with Gasteiger partial charge in [-0.3, -0.25) is 14.9 Å². The number of fused-ring (bicyclic) bond motifs is 1. The van der Waals surface area contributed by atoms with E-state index in [1.54, 1.807) is 24.5 Å². The van der Waals surface area contributed by atoms with Crippen molar-refractivity contribution in [3.8, 4) is 0 Å². The number of carbonyl (C=O) groups is 1. The quantitative estimate of drug-likeness (QED) is 0.283. The van der Waals surface area contributed by atoms with Crippen molar-refractivity contribution in [1.29, 1.82) is 0 Å². The zero-order valence-corrected chi connectivity index (χ0v) is 19.8. The summed E-state index contributed by atoms with van der Waals surface area (Å²) in [5.74, 6) is -0.681. The minimum absolute atomic E-state index is 0.0523. The van der Waals surface area contributed by atoms with Gasteiger partial charge in [-0.25, -0.2) is 4.39 Å². The van der Waals surface area contributed by atoms with Crippen LogP contribution in [0.4, 0.5) is 4.39 Å². The maximum absolute atomic E-state index is 14.5. The van der Waals surface area contributed by atoms with Crippen LogP contribution in [-0.2, 0) is 19.4 Å². The molecule has 176 valence electrons. The Kier molecular flexibility index (Phi) is 6.33. The first-order valence-electron chi connectivity index (χ1n) is 11.2. The third kappa shape index (κ3) is 4.95. The van der Waals surface area contributed by atoms with Gasteiger partial charge in [0.05, 0.1) is 10.7 Å². The lowest BCUT2D eigenvalue weighted by molar-refractivity contribution is 0.0949. The van der Waals surface area contributed by atoms with Crippen LogP contribution in [0, 0.1) is 12.7 Å². The van der Waals surface area contributed by atoms with Crippen molar-refractivity contribution >= 4 is 28.4 Å². The van der Waals surface area contributed by atoms with E-state index in [2.05, 4.69) is 49.7 Å². The summed E-state index contributed by atoms with van der Waals surface area (Å²) in [5, 5.41) is 11.1. The van der Waals surface area contributed by atoms with Crippen molar-refractivity contribution in [3.63, 3.8) is 0 Å². The molecule has 2 aromatic carbocycles. The molecule has 0 fully saturated rings. The first-order chi connectivity index (χ1) is 17.0. The SMILES string of the molecule is Cc1c(C(=O)NCc2cc3c(Cl)c[nH]c3cc2F)ccnc1Cc1ccc(Cc2cc[nH]n2)cc1. The van der Waals surface area contributed by atoms with E-state index in [9.17, 15) is 9.18 Å². The second-order valence-corrected chi connectivity index (χ2v) is 8.88. The number of aromatic nitrogens is 4. The van der Waals surface area contributed by atoms with Crippen LogP contribution in [0.3, 0.4) is 0 Å². The highest BCUT2D eigenvalue weighted by atomic mass is 35.5. The third-order valence-corrected chi connectivity index (χ3v) is 6.44.